The van der Waals surface area contributed by atoms with Crippen LogP contribution in [0.2, 0.25) is 0 Å². The smallest absolute Gasteiger partial charge is 0.178 e. The fraction of sp³-hybridized carbons (Fsp3) is 0.375. The first-order chi connectivity index (χ1) is 6.70. The van der Waals surface area contributed by atoms with Crippen LogP contribution in [0.3, 0.4) is 0 Å². The second-order valence-electron chi connectivity index (χ2n) is 2.98. The number of hydrogen-bond acceptors (Lipinski definition) is 5. The van der Waals surface area contributed by atoms with Gasteiger partial charge in [0.25, 0.3) is 0 Å². The van der Waals surface area contributed by atoms with Crippen LogP contribution in [0.4, 0.5) is 4.79 Å². The van der Waals surface area contributed by atoms with Crippen molar-refractivity contribution in [2.45, 2.75) is 13.0 Å². The third kappa shape index (κ3) is 1.48. The van der Waals surface area contributed by atoms with Crippen molar-refractivity contribution in [3.63, 3.8) is 0 Å². The summed E-state index contributed by atoms with van der Waals surface area (Å²) >= 11 is 1.24. The molecule has 0 fully saturated rings. The average molecular weight is 211 g/mol. The van der Waals surface area contributed by atoms with E-state index in [0.29, 0.717) is 30.8 Å². The van der Waals surface area contributed by atoms with Gasteiger partial charge in [-0.2, -0.15) is 0 Å². The Balaban J connectivity index is 2.25. The highest BCUT2D eigenvalue weighted by molar-refractivity contribution is 7.13. The molecule has 1 amide bonds. The van der Waals surface area contributed by atoms with E-state index in [1.54, 1.807) is 0 Å². The summed E-state index contributed by atoms with van der Waals surface area (Å²) in [7, 11) is 0. The first-order valence-electron chi connectivity index (χ1n) is 4.10. The van der Waals surface area contributed by atoms with E-state index >= 15 is 0 Å². The molecule has 0 radical (unpaired) electrons. The van der Waals surface area contributed by atoms with Gasteiger partial charge in [-0.05, 0) is 0 Å². The van der Waals surface area contributed by atoms with E-state index in [2.05, 4.69) is 4.98 Å². The molecule has 0 aromatic carbocycles. The Bertz CT molecular complexity index is 388. The van der Waals surface area contributed by atoms with Crippen molar-refractivity contribution >= 4 is 23.7 Å². The van der Waals surface area contributed by atoms with Gasteiger partial charge in [-0.25, -0.2) is 4.98 Å². The monoisotopic (exact) mass is 211 g/mol. The highest BCUT2D eigenvalue weighted by Crippen LogP contribution is 2.23. The number of fused-ring (bicyclic) bond motifs is 1. The van der Waals surface area contributed by atoms with Crippen LogP contribution >= 0.6 is 11.3 Å². The van der Waals surface area contributed by atoms with Gasteiger partial charge >= 0.3 is 0 Å². The SMILES string of the molecule is O=Cc1nc2c(s1)CN(C(=O)[O-])CC2. The third-order valence-corrected chi connectivity index (χ3v) is 3.11. The van der Waals surface area contributed by atoms with E-state index in [1.165, 1.54) is 16.2 Å². The predicted octanol–water partition coefficient (Wildman–Crippen LogP) is -0.343. The molecule has 0 saturated carbocycles. The van der Waals surface area contributed by atoms with Gasteiger partial charge in [0.1, 0.15) is 6.09 Å². The van der Waals surface area contributed by atoms with Crippen LogP contribution in [0, 0.1) is 0 Å². The summed E-state index contributed by atoms with van der Waals surface area (Å²) in [6.45, 7) is 0.695. The van der Waals surface area contributed by atoms with Crippen LogP contribution in [-0.2, 0) is 13.0 Å². The highest BCUT2D eigenvalue weighted by atomic mass is 32.1. The van der Waals surface area contributed by atoms with Crippen molar-refractivity contribution in [3.05, 3.63) is 15.6 Å². The molecular weight excluding hydrogens is 204 g/mol. The molecule has 1 aliphatic heterocycles. The molecule has 0 unspecified atom stereocenters. The molecule has 0 aliphatic carbocycles. The summed E-state index contributed by atoms with van der Waals surface area (Å²) in [6, 6.07) is 0. The Morgan fingerprint density at radius 2 is 2.43 bits per heavy atom. The van der Waals surface area contributed by atoms with Crippen LogP contribution in [0.15, 0.2) is 0 Å². The van der Waals surface area contributed by atoms with Crippen molar-refractivity contribution in [1.82, 2.24) is 9.88 Å². The molecule has 74 valence electrons. The largest absolute Gasteiger partial charge is 0.530 e. The summed E-state index contributed by atoms with van der Waals surface area (Å²) in [4.78, 5) is 27.2. The lowest BCUT2D eigenvalue weighted by atomic mass is 10.2. The second-order valence-corrected chi connectivity index (χ2v) is 4.09. The number of carbonyl (C=O) groups excluding carboxylic acids is 2. The minimum absolute atomic E-state index is 0.295. The molecule has 14 heavy (non-hydrogen) atoms. The maximum Gasteiger partial charge on any atom is 0.178 e. The van der Waals surface area contributed by atoms with Crippen molar-refractivity contribution < 1.29 is 14.7 Å². The Morgan fingerprint density at radius 1 is 1.64 bits per heavy atom. The topological polar surface area (TPSA) is 73.3 Å². The molecule has 0 saturated heterocycles. The van der Waals surface area contributed by atoms with Crippen LogP contribution in [-0.4, -0.2) is 28.8 Å². The van der Waals surface area contributed by atoms with E-state index in [-0.39, 0.29) is 0 Å². The molecule has 0 bridgehead atoms. The lowest BCUT2D eigenvalue weighted by Gasteiger charge is -2.27. The molecule has 0 atom stereocenters. The highest BCUT2D eigenvalue weighted by Gasteiger charge is 2.20. The van der Waals surface area contributed by atoms with Crippen molar-refractivity contribution in [1.29, 1.82) is 0 Å². The van der Waals surface area contributed by atoms with Gasteiger partial charge in [-0.1, -0.05) is 0 Å². The van der Waals surface area contributed by atoms with Crippen LogP contribution in [0.25, 0.3) is 0 Å². The van der Waals surface area contributed by atoms with Gasteiger partial charge in [-0.15, -0.1) is 11.3 Å². The number of nitrogens with zero attached hydrogens (tertiary/aromatic N) is 2. The summed E-state index contributed by atoms with van der Waals surface area (Å²) in [5.41, 5.74) is 0.842. The Labute approximate surface area is 84.0 Å². The molecular formula is C8H7N2O3S-. The van der Waals surface area contributed by atoms with Crippen LogP contribution < -0.4 is 5.11 Å². The fourth-order valence-electron chi connectivity index (χ4n) is 1.42. The molecule has 5 nitrogen and oxygen atoms in total. The number of rotatable bonds is 1. The molecule has 1 aromatic heterocycles. The van der Waals surface area contributed by atoms with Gasteiger partial charge in [0, 0.05) is 17.8 Å². The number of hydrogen-bond donors (Lipinski definition) is 0. The maximum atomic E-state index is 10.6. The second kappa shape index (κ2) is 3.38. The van der Waals surface area contributed by atoms with Gasteiger partial charge in [0.2, 0.25) is 0 Å². The van der Waals surface area contributed by atoms with E-state index < -0.39 is 6.09 Å². The van der Waals surface area contributed by atoms with Gasteiger partial charge in [-0.3, -0.25) is 4.79 Å². The average Bonchev–Trinajstić information content (AvgIpc) is 2.58. The number of carboxylic acid groups (broad SMARTS) is 1. The lowest BCUT2D eigenvalue weighted by molar-refractivity contribution is -0.266. The molecule has 2 heterocycles. The zero-order chi connectivity index (χ0) is 10.1. The lowest BCUT2D eigenvalue weighted by Crippen LogP contribution is -2.43. The molecule has 0 spiro atoms. The van der Waals surface area contributed by atoms with Crippen molar-refractivity contribution in [3.8, 4) is 0 Å². The van der Waals surface area contributed by atoms with Gasteiger partial charge in [0.05, 0.1) is 12.2 Å². The van der Waals surface area contributed by atoms with E-state index in [9.17, 15) is 14.7 Å². The molecule has 0 N–H and O–H groups in total. The molecule has 6 heteroatoms. The summed E-state index contributed by atoms with van der Waals surface area (Å²) in [5.74, 6) is 0. The number of carbonyl (C=O) groups is 2. The van der Waals surface area contributed by atoms with Crippen molar-refractivity contribution in [2.75, 3.05) is 6.54 Å². The zero-order valence-corrected chi connectivity index (χ0v) is 8.04. The minimum Gasteiger partial charge on any atom is -0.530 e. The van der Waals surface area contributed by atoms with Crippen LogP contribution in [0.5, 0.6) is 0 Å². The number of aromatic nitrogens is 1. The normalized spacial score (nSPS) is 15.0. The molecule has 2 rings (SSSR count). The Morgan fingerprint density at radius 3 is 3.07 bits per heavy atom. The summed E-state index contributed by atoms with van der Waals surface area (Å²) < 4.78 is 0. The molecule has 1 aliphatic rings. The van der Waals surface area contributed by atoms with Crippen molar-refractivity contribution in [2.24, 2.45) is 0 Å². The van der Waals surface area contributed by atoms with Gasteiger partial charge in [0.15, 0.2) is 11.3 Å². The minimum atomic E-state index is -1.17. The van der Waals surface area contributed by atoms with Gasteiger partial charge < -0.3 is 14.8 Å². The predicted molar refractivity (Wildman–Crippen MR) is 47.0 cm³/mol. The Kier molecular flexibility index (Phi) is 2.20. The third-order valence-electron chi connectivity index (χ3n) is 2.11. The first kappa shape index (κ1) is 9.14. The van der Waals surface area contributed by atoms with E-state index in [0.717, 1.165) is 10.6 Å². The summed E-state index contributed by atoms with van der Waals surface area (Å²) in [6.07, 6.45) is 0.0803. The molecule has 1 aromatic rings. The number of amides is 1. The zero-order valence-electron chi connectivity index (χ0n) is 7.23. The number of thiazole rings is 1. The first-order valence-corrected chi connectivity index (χ1v) is 4.92. The van der Waals surface area contributed by atoms with E-state index in [4.69, 9.17) is 0 Å². The van der Waals surface area contributed by atoms with E-state index in [1.807, 2.05) is 0 Å². The standard InChI is InChI=1S/C8H8N2O3S/c11-4-7-9-5-1-2-10(8(12)13)3-6(5)14-7/h4H,1-3H2,(H,12,13)/p-1. The van der Waals surface area contributed by atoms with Crippen LogP contribution in [0.1, 0.15) is 20.4 Å². The quantitative estimate of drug-likeness (QED) is 0.595. The number of aldehydes is 1. The Hall–Kier alpha value is -1.43. The maximum absolute atomic E-state index is 10.6. The fourth-order valence-corrected chi connectivity index (χ4v) is 2.36. The summed E-state index contributed by atoms with van der Waals surface area (Å²) in [5, 5.41) is 11.0.